The van der Waals surface area contributed by atoms with Crippen LogP contribution in [0, 0.1) is 0 Å². The van der Waals surface area contributed by atoms with E-state index >= 15 is 0 Å². The molecule has 0 saturated carbocycles. The lowest BCUT2D eigenvalue weighted by Gasteiger charge is -2.23. The minimum atomic E-state index is 0.627. The van der Waals surface area contributed by atoms with Gasteiger partial charge in [-0.25, -0.2) is 0 Å². The monoisotopic (exact) mass is 251 g/mol. The van der Waals surface area contributed by atoms with Gasteiger partial charge in [-0.15, -0.1) is 5.10 Å². The van der Waals surface area contributed by atoms with Crippen LogP contribution in [0.15, 0.2) is 12.4 Å². The molecule has 0 amide bonds. The molecule has 0 atom stereocenters. The number of hydrogen-bond acceptors (Lipinski definition) is 7. The Morgan fingerprint density at radius 3 is 3.06 bits per heavy atom. The summed E-state index contributed by atoms with van der Waals surface area (Å²) < 4.78 is 6.78. The molecule has 2 N–H and O–H groups in total. The van der Waals surface area contributed by atoms with Crippen LogP contribution in [0.4, 0.5) is 5.82 Å². The van der Waals surface area contributed by atoms with Gasteiger partial charge in [-0.1, -0.05) is 0 Å². The first kappa shape index (κ1) is 12.7. The molecule has 2 heterocycles. The number of aromatic nitrogens is 5. The number of rotatable bonds is 7. The minimum absolute atomic E-state index is 0.627. The Morgan fingerprint density at radius 1 is 1.39 bits per heavy atom. The largest absolute Gasteiger partial charge is 0.383 e. The molecule has 0 radical (unpaired) electrons. The summed E-state index contributed by atoms with van der Waals surface area (Å²) >= 11 is 0. The molecule has 2 aromatic heterocycles. The van der Waals surface area contributed by atoms with Crippen LogP contribution in [0.1, 0.15) is 6.42 Å². The minimum Gasteiger partial charge on any atom is -0.383 e. The molecule has 98 valence electrons. The van der Waals surface area contributed by atoms with Gasteiger partial charge in [0.25, 0.3) is 0 Å². The summed E-state index contributed by atoms with van der Waals surface area (Å²) in [7, 11) is 1.68. The number of nitrogens with two attached hydrogens (primary N) is 1. The number of methoxy groups -OCH3 is 1. The fourth-order valence-corrected chi connectivity index (χ4v) is 1.70. The molecule has 2 rings (SSSR count). The average Bonchev–Trinajstić information content (AvgIpc) is 2.87. The maximum atomic E-state index is 5.56. The summed E-state index contributed by atoms with van der Waals surface area (Å²) in [6, 6.07) is 0. The Hall–Kier alpha value is -1.80. The second-order valence-corrected chi connectivity index (χ2v) is 3.84. The van der Waals surface area contributed by atoms with Crippen LogP contribution < -0.4 is 10.6 Å². The van der Waals surface area contributed by atoms with Crippen molar-refractivity contribution in [1.29, 1.82) is 0 Å². The molecule has 0 aliphatic rings. The first-order valence-electron chi connectivity index (χ1n) is 5.83. The Labute approximate surface area is 105 Å². The van der Waals surface area contributed by atoms with Gasteiger partial charge in [0.1, 0.15) is 0 Å². The summed E-state index contributed by atoms with van der Waals surface area (Å²) in [5.74, 6) is 0.850. The van der Waals surface area contributed by atoms with Crippen molar-refractivity contribution in [3.8, 4) is 0 Å². The van der Waals surface area contributed by atoms with E-state index in [0.717, 1.165) is 25.3 Å². The summed E-state index contributed by atoms with van der Waals surface area (Å²) in [5.41, 5.74) is 6.18. The van der Waals surface area contributed by atoms with Crippen molar-refractivity contribution in [2.24, 2.45) is 5.73 Å². The molecule has 0 fully saturated rings. The quantitative estimate of drug-likeness (QED) is 0.696. The highest BCUT2D eigenvalue weighted by Gasteiger charge is 2.11. The number of fused-ring (bicyclic) bond motifs is 1. The van der Waals surface area contributed by atoms with E-state index in [2.05, 4.69) is 25.4 Å². The predicted molar refractivity (Wildman–Crippen MR) is 66.3 cm³/mol. The summed E-state index contributed by atoms with van der Waals surface area (Å²) in [4.78, 5) is 6.26. The number of tetrazole rings is 1. The first-order valence-corrected chi connectivity index (χ1v) is 5.83. The van der Waals surface area contributed by atoms with Crippen LogP contribution in [0.5, 0.6) is 0 Å². The van der Waals surface area contributed by atoms with E-state index in [9.17, 15) is 0 Å². The molecule has 8 heteroatoms. The Bertz CT molecular complexity index is 478. The third kappa shape index (κ3) is 2.71. The van der Waals surface area contributed by atoms with Crippen molar-refractivity contribution in [2.75, 3.05) is 38.3 Å². The summed E-state index contributed by atoms with van der Waals surface area (Å²) in [5, 5.41) is 11.5. The Morgan fingerprint density at radius 2 is 2.28 bits per heavy atom. The molecular weight excluding hydrogens is 234 g/mol. The highest BCUT2D eigenvalue weighted by Crippen LogP contribution is 2.12. The third-order valence-electron chi connectivity index (χ3n) is 2.61. The van der Waals surface area contributed by atoms with Crippen molar-refractivity contribution in [3.63, 3.8) is 0 Å². The van der Waals surface area contributed by atoms with Crippen molar-refractivity contribution in [2.45, 2.75) is 6.42 Å². The van der Waals surface area contributed by atoms with Gasteiger partial charge in [0.2, 0.25) is 0 Å². The highest BCUT2D eigenvalue weighted by atomic mass is 16.5. The summed E-state index contributed by atoms with van der Waals surface area (Å²) in [6.07, 6.45) is 4.26. The van der Waals surface area contributed by atoms with Gasteiger partial charge in [-0.2, -0.15) is 4.52 Å². The van der Waals surface area contributed by atoms with Crippen LogP contribution >= 0.6 is 0 Å². The van der Waals surface area contributed by atoms with Gasteiger partial charge in [0.05, 0.1) is 19.0 Å². The predicted octanol–water partition coefficient (Wildman–Crippen LogP) is -0.679. The number of hydrogen-bond donors (Lipinski definition) is 1. The molecule has 2 aromatic rings. The lowest BCUT2D eigenvalue weighted by molar-refractivity contribution is 0.205. The first-order chi connectivity index (χ1) is 8.86. The van der Waals surface area contributed by atoms with Crippen LogP contribution in [0.3, 0.4) is 0 Å². The van der Waals surface area contributed by atoms with E-state index in [1.807, 2.05) is 0 Å². The van der Waals surface area contributed by atoms with Gasteiger partial charge in [0.15, 0.2) is 11.5 Å². The fraction of sp³-hybridized carbons (Fsp3) is 0.600. The van der Waals surface area contributed by atoms with E-state index in [0.29, 0.717) is 18.8 Å². The molecule has 0 saturated heterocycles. The molecular formula is C10H17N7O. The second kappa shape index (κ2) is 6.22. The van der Waals surface area contributed by atoms with Crippen molar-refractivity contribution in [3.05, 3.63) is 12.4 Å². The maximum absolute atomic E-state index is 5.56. The van der Waals surface area contributed by atoms with E-state index in [1.54, 1.807) is 24.0 Å². The third-order valence-corrected chi connectivity index (χ3v) is 2.61. The van der Waals surface area contributed by atoms with Crippen LogP contribution in [0.2, 0.25) is 0 Å². The van der Waals surface area contributed by atoms with E-state index in [4.69, 9.17) is 10.5 Å². The molecule has 0 bridgehead atoms. The second-order valence-electron chi connectivity index (χ2n) is 3.84. The zero-order valence-corrected chi connectivity index (χ0v) is 10.4. The number of nitrogens with zero attached hydrogens (tertiary/aromatic N) is 6. The van der Waals surface area contributed by atoms with E-state index in [-0.39, 0.29) is 0 Å². The summed E-state index contributed by atoms with van der Waals surface area (Å²) in [6.45, 7) is 2.84. The Balaban J connectivity index is 2.24. The highest BCUT2D eigenvalue weighted by molar-refractivity contribution is 5.45. The normalized spacial score (nSPS) is 11.0. The molecule has 0 aliphatic carbocycles. The molecule has 0 aliphatic heterocycles. The zero-order valence-electron chi connectivity index (χ0n) is 10.4. The molecule has 0 unspecified atom stereocenters. The molecule has 0 spiro atoms. The topological polar surface area (TPSA) is 94.5 Å². The smallest absolute Gasteiger partial charge is 0.199 e. The zero-order chi connectivity index (χ0) is 12.8. The van der Waals surface area contributed by atoms with Crippen molar-refractivity contribution >= 4 is 11.5 Å². The number of ether oxygens (including phenoxy) is 1. The lowest BCUT2D eigenvalue weighted by Crippen LogP contribution is -2.31. The van der Waals surface area contributed by atoms with Gasteiger partial charge < -0.3 is 15.4 Å². The van der Waals surface area contributed by atoms with Crippen molar-refractivity contribution in [1.82, 2.24) is 25.0 Å². The number of anilines is 1. The molecule has 8 nitrogen and oxygen atoms in total. The van der Waals surface area contributed by atoms with Gasteiger partial charge in [-0.05, 0) is 23.4 Å². The average molecular weight is 251 g/mol. The standard InChI is InChI=1S/C10H17N7O/c1-18-6-5-16(4-2-3-11)10-8-12-7-9-13-14-15-17(9)10/h7-8H,2-6,11H2,1H3. The van der Waals surface area contributed by atoms with E-state index in [1.165, 1.54) is 0 Å². The van der Waals surface area contributed by atoms with Crippen LogP contribution in [-0.4, -0.2) is 58.4 Å². The SMILES string of the molecule is COCCN(CCCN)c1cncc2nnnn12. The fourth-order valence-electron chi connectivity index (χ4n) is 1.70. The lowest BCUT2D eigenvalue weighted by atomic mass is 10.3. The van der Waals surface area contributed by atoms with Gasteiger partial charge in [0, 0.05) is 20.2 Å². The van der Waals surface area contributed by atoms with Gasteiger partial charge in [-0.3, -0.25) is 4.98 Å². The van der Waals surface area contributed by atoms with E-state index < -0.39 is 0 Å². The maximum Gasteiger partial charge on any atom is 0.199 e. The van der Waals surface area contributed by atoms with Crippen LogP contribution in [-0.2, 0) is 4.74 Å². The van der Waals surface area contributed by atoms with Crippen LogP contribution in [0.25, 0.3) is 5.65 Å². The van der Waals surface area contributed by atoms with Crippen molar-refractivity contribution < 1.29 is 4.74 Å². The molecule has 0 aromatic carbocycles. The molecule has 18 heavy (non-hydrogen) atoms. The Kier molecular flexibility index (Phi) is 4.37. The van der Waals surface area contributed by atoms with Gasteiger partial charge >= 0.3 is 0 Å².